The Kier molecular flexibility index (Phi) is 4.48. The molecule has 2 atom stereocenters. The summed E-state index contributed by atoms with van der Waals surface area (Å²) in [6.45, 7) is 6.18. The molecule has 0 bridgehead atoms. The van der Waals surface area contributed by atoms with Crippen molar-refractivity contribution in [3.05, 3.63) is 53.4 Å². The summed E-state index contributed by atoms with van der Waals surface area (Å²) in [5.41, 5.74) is 1.48. The van der Waals surface area contributed by atoms with E-state index in [0.29, 0.717) is 17.5 Å². The molecule has 1 aromatic carbocycles. The minimum atomic E-state index is -0.394. The maximum absolute atomic E-state index is 14.1. The Hall–Kier alpha value is -1.75. The molecule has 0 radical (unpaired) electrons. The summed E-state index contributed by atoms with van der Waals surface area (Å²) >= 11 is 0. The second-order valence-electron chi connectivity index (χ2n) is 6.72. The van der Waals surface area contributed by atoms with Crippen LogP contribution in [0.15, 0.2) is 30.6 Å². The number of hydrogen-bond acceptors (Lipinski definition) is 2. The van der Waals surface area contributed by atoms with Crippen molar-refractivity contribution in [2.75, 3.05) is 0 Å². The fraction of sp³-hybridized carbons (Fsp3) is 0.500. The van der Waals surface area contributed by atoms with Crippen molar-refractivity contribution in [1.82, 2.24) is 15.1 Å². The Bertz CT molecular complexity index is 677. The summed E-state index contributed by atoms with van der Waals surface area (Å²) in [5.74, 6) is -0.371. The Balaban J connectivity index is 1.80. The van der Waals surface area contributed by atoms with E-state index >= 15 is 0 Å². The molecule has 3 rings (SSSR count). The Morgan fingerprint density at radius 2 is 1.96 bits per heavy atom. The second kappa shape index (κ2) is 6.40. The van der Waals surface area contributed by atoms with E-state index in [2.05, 4.69) is 24.3 Å². The lowest BCUT2D eigenvalue weighted by Crippen LogP contribution is -2.27. The van der Waals surface area contributed by atoms with Gasteiger partial charge < -0.3 is 5.32 Å². The van der Waals surface area contributed by atoms with Crippen LogP contribution < -0.4 is 5.32 Å². The van der Waals surface area contributed by atoms with Gasteiger partial charge in [0, 0.05) is 35.4 Å². The van der Waals surface area contributed by atoms with E-state index in [1.54, 1.807) is 0 Å². The van der Waals surface area contributed by atoms with Crippen LogP contribution >= 0.6 is 0 Å². The number of nitrogens with zero attached hydrogens (tertiary/aromatic N) is 2. The highest BCUT2D eigenvalue weighted by Crippen LogP contribution is 2.43. The standard InChI is InChI=1S/C18H23F2N3/c1-11(2)23-10-14(9-21-23)12(3)22-18(13-4-5-13)16-8-15(19)6-7-17(16)20/h6-13,18,22H,4-5H2,1-3H3/t12-,18+/m1/s1. The van der Waals surface area contributed by atoms with E-state index in [4.69, 9.17) is 0 Å². The minimum Gasteiger partial charge on any atom is -0.303 e. The van der Waals surface area contributed by atoms with E-state index in [9.17, 15) is 8.78 Å². The van der Waals surface area contributed by atoms with E-state index in [1.807, 2.05) is 24.0 Å². The molecule has 0 spiro atoms. The molecule has 3 nitrogen and oxygen atoms in total. The van der Waals surface area contributed by atoms with Crippen LogP contribution in [0.1, 0.15) is 62.9 Å². The average Bonchev–Trinajstić information content (AvgIpc) is 3.22. The van der Waals surface area contributed by atoms with Gasteiger partial charge in [0.1, 0.15) is 11.6 Å². The third-order valence-corrected chi connectivity index (χ3v) is 4.47. The number of aromatic nitrogens is 2. The molecule has 1 aliphatic rings. The number of nitrogens with one attached hydrogen (secondary N) is 1. The molecule has 1 heterocycles. The molecule has 124 valence electrons. The predicted molar refractivity (Wildman–Crippen MR) is 86.0 cm³/mol. The van der Waals surface area contributed by atoms with Crippen LogP contribution in [-0.2, 0) is 0 Å². The molecule has 0 unspecified atom stereocenters. The lowest BCUT2D eigenvalue weighted by Gasteiger charge is -2.23. The molecule has 1 N–H and O–H groups in total. The largest absolute Gasteiger partial charge is 0.303 e. The molecular weight excluding hydrogens is 296 g/mol. The first-order valence-electron chi connectivity index (χ1n) is 8.20. The Morgan fingerprint density at radius 3 is 2.57 bits per heavy atom. The molecule has 23 heavy (non-hydrogen) atoms. The van der Waals surface area contributed by atoms with Crippen LogP contribution in [0.25, 0.3) is 0 Å². The zero-order valence-electron chi connectivity index (χ0n) is 13.8. The molecule has 0 saturated heterocycles. The van der Waals surface area contributed by atoms with Gasteiger partial charge in [0.05, 0.1) is 6.20 Å². The molecule has 5 heteroatoms. The maximum Gasteiger partial charge on any atom is 0.128 e. The number of halogens is 2. The topological polar surface area (TPSA) is 29.9 Å². The summed E-state index contributed by atoms with van der Waals surface area (Å²) in [5, 5.41) is 7.82. The quantitative estimate of drug-likeness (QED) is 0.847. The monoisotopic (exact) mass is 319 g/mol. The lowest BCUT2D eigenvalue weighted by atomic mass is 9.99. The zero-order chi connectivity index (χ0) is 16.6. The predicted octanol–water partition coefficient (Wildman–Crippen LogP) is 4.54. The van der Waals surface area contributed by atoms with Crippen molar-refractivity contribution in [3.63, 3.8) is 0 Å². The van der Waals surface area contributed by atoms with Crippen molar-refractivity contribution in [3.8, 4) is 0 Å². The van der Waals surface area contributed by atoms with Crippen molar-refractivity contribution >= 4 is 0 Å². The summed E-state index contributed by atoms with van der Waals surface area (Å²) < 4.78 is 29.6. The first-order chi connectivity index (χ1) is 11.0. The highest BCUT2D eigenvalue weighted by molar-refractivity contribution is 5.25. The summed E-state index contributed by atoms with van der Waals surface area (Å²) in [4.78, 5) is 0. The van der Waals surface area contributed by atoms with Crippen LogP contribution in [0.5, 0.6) is 0 Å². The van der Waals surface area contributed by atoms with Gasteiger partial charge in [-0.2, -0.15) is 5.10 Å². The van der Waals surface area contributed by atoms with Crippen molar-refractivity contribution < 1.29 is 8.78 Å². The SMILES string of the molecule is CC(C)n1cc([C@@H](C)N[C@H](c2cc(F)ccc2F)C2CC2)cn1. The summed E-state index contributed by atoms with van der Waals surface area (Å²) in [6.07, 6.45) is 5.94. The van der Waals surface area contributed by atoms with Crippen LogP contribution in [0.3, 0.4) is 0 Å². The number of benzene rings is 1. The molecule has 1 saturated carbocycles. The smallest absolute Gasteiger partial charge is 0.128 e. The second-order valence-corrected chi connectivity index (χ2v) is 6.72. The van der Waals surface area contributed by atoms with Gasteiger partial charge in [-0.1, -0.05) is 0 Å². The molecule has 0 amide bonds. The van der Waals surface area contributed by atoms with E-state index in [-0.39, 0.29) is 17.9 Å². The van der Waals surface area contributed by atoms with Crippen molar-refractivity contribution in [2.45, 2.75) is 51.7 Å². The lowest BCUT2D eigenvalue weighted by molar-refractivity contribution is 0.409. The zero-order valence-corrected chi connectivity index (χ0v) is 13.8. The van der Waals surface area contributed by atoms with E-state index in [0.717, 1.165) is 18.4 Å². The van der Waals surface area contributed by atoms with Crippen LogP contribution in [0, 0.1) is 17.6 Å². The van der Waals surface area contributed by atoms with Crippen LogP contribution in [0.4, 0.5) is 8.78 Å². The molecule has 0 aliphatic heterocycles. The highest BCUT2D eigenvalue weighted by Gasteiger charge is 2.35. The Labute approximate surface area is 135 Å². The van der Waals surface area contributed by atoms with Gasteiger partial charge in [0.25, 0.3) is 0 Å². The fourth-order valence-corrected chi connectivity index (χ4v) is 2.89. The normalized spacial score (nSPS) is 17.5. The summed E-state index contributed by atoms with van der Waals surface area (Å²) in [7, 11) is 0. The third-order valence-electron chi connectivity index (χ3n) is 4.47. The van der Waals surface area contributed by atoms with Gasteiger partial charge in [-0.05, 0) is 57.7 Å². The minimum absolute atomic E-state index is 0.0239. The van der Waals surface area contributed by atoms with Gasteiger partial charge >= 0.3 is 0 Å². The molecule has 1 aromatic heterocycles. The first-order valence-corrected chi connectivity index (χ1v) is 8.20. The van der Waals surface area contributed by atoms with E-state index < -0.39 is 5.82 Å². The number of rotatable bonds is 6. The van der Waals surface area contributed by atoms with E-state index in [1.165, 1.54) is 18.2 Å². The van der Waals surface area contributed by atoms with Crippen molar-refractivity contribution in [1.29, 1.82) is 0 Å². The first kappa shape index (κ1) is 16.1. The Morgan fingerprint density at radius 1 is 1.22 bits per heavy atom. The third kappa shape index (κ3) is 3.61. The van der Waals surface area contributed by atoms with Gasteiger partial charge in [-0.15, -0.1) is 0 Å². The summed E-state index contributed by atoms with van der Waals surface area (Å²) in [6, 6.07) is 3.85. The fourth-order valence-electron chi connectivity index (χ4n) is 2.89. The molecule has 1 aliphatic carbocycles. The van der Waals surface area contributed by atoms with Gasteiger partial charge in [0.2, 0.25) is 0 Å². The van der Waals surface area contributed by atoms with Gasteiger partial charge in [0.15, 0.2) is 0 Å². The van der Waals surface area contributed by atoms with Gasteiger partial charge in [-0.3, -0.25) is 4.68 Å². The van der Waals surface area contributed by atoms with Crippen LogP contribution in [-0.4, -0.2) is 9.78 Å². The highest BCUT2D eigenvalue weighted by atomic mass is 19.1. The molecular formula is C18H23F2N3. The molecule has 1 fully saturated rings. The number of hydrogen-bond donors (Lipinski definition) is 1. The maximum atomic E-state index is 14.1. The van der Waals surface area contributed by atoms with Crippen molar-refractivity contribution in [2.24, 2.45) is 5.92 Å². The van der Waals surface area contributed by atoms with Crippen LogP contribution in [0.2, 0.25) is 0 Å². The molecule has 2 aromatic rings. The average molecular weight is 319 g/mol. The van der Waals surface area contributed by atoms with Gasteiger partial charge in [-0.25, -0.2) is 8.78 Å².